The Bertz CT molecular complexity index is 7970. The first-order valence-electron chi connectivity index (χ1n) is 40.9. The van der Waals surface area contributed by atoms with Gasteiger partial charge in [0, 0.05) is 78.3 Å². The molecule has 0 amide bonds. The van der Waals surface area contributed by atoms with Crippen molar-refractivity contribution in [1.82, 2.24) is 0 Å². The van der Waals surface area contributed by atoms with Crippen LogP contribution in [-0.4, -0.2) is 0 Å². The van der Waals surface area contributed by atoms with Crippen LogP contribution in [-0.2, 0) is 48.6 Å². The quantitative estimate of drug-likeness (QED) is 0.0862. The van der Waals surface area contributed by atoms with Gasteiger partial charge in [-0.1, -0.05) is 256 Å². The Hall–Kier alpha value is -13.6. The first-order chi connectivity index (χ1) is 56.6. The maximum absolute atomic E-state index is 6.50. The minimum atomic E-state index is -0.114. The van der Waals surface area contributed by atoms with Crippen molar-refractivity contribution >= 4 is 130 Å². The van der Waals surface area contributed by atoms with Crippen molar-refractivity contribution in [3.05, 3.63) is 336 Å². The topological polar surface area (TPSA) is 52.4 Å². The maximum atomic E-state index is 6.50. The Morgan fingerprint density at radius 2 is 0.586 bits per heavy atom. The Labute approximate surface area is 670 Å². The van der Waals surface area contributed by atoms with E-state index in [9.17, 15) is 0 Å². The van der Waals surface area contributed by atoms with E-state index in [2.05, 4.69) is 365 Å². The molecule has 8 heterocycles. The van der Waals surface area contributed by atoms with Crippen LogP contribution < -0.4 is 37.2 Å². The fourth-order valence-electron chi connectivity index (χ4n) is 22.6. The smallest absolute Gasteiger partial charge is 0.293 e. The minimum absolute atomic E-state index is 0.0297. The van der Waals surface area contributed by atoms with Gasteiger partial charge in [0.05, 0.1) is 22.3 Å². The fourth-order valence-corrected chi connectivity index (χ4v) is 22.6. The second-order valence-electron chi connectivity index (χ2n) is 35.3. The third-order valence-corrected chi connectivity index (χ3v) is 27.7. The standard InChI is InChI=1S/C31H22NO.2C27H20NO.C23H18NO/c1-31(2)25-14-21-13-19-8-3-4-9-20(19)15-26(21)32-17-33-27-16-24-22-10-6-5-7-18(22)11-12-23(24)29(31)28(27)30(25)32;1-27(2)24-20-12-11-16-7-3-5-9-18(16)21(20)13-22-23(24)26-25(27)19-10-6-4-8-17(19)14-28(26)15-29-22;1-27(2)21-13-17-8-4-6-10-22(17)28-15-29-23-14-20-18-9-5-3-7-16(18)11-12-19(20)25(27)24(23)26(21)28;1-23(2)18-8-5-11-24-13-25-19-12-17-15-7-4-3-6-14(15)9-10-16(17)21(23)20(19)22(18)24/h3-16H,17H2,1-2H3;2*3-14H,15H2,1-2H3;3-12H,13H2,1-2H3/q4*+1. The number of fused-ring (bicyclic) bond motifs is 23. The van der Waals surface area contributed by atoms with Crippen molar-refractivity contribution < 1.29 is 37.2 Å². The van der Waals surface area contributed by atoms with Gasteiger partial charge in [-0.15, -0.1) is 0 Å². The third-order valence-electron chi connectivity index (χ3n) is 27.7. The Morgan fingerprint density at radius 1 is 0.224 bits per heavy atom. The number of hydrogen-bond donors (Lipinski definition) is 0. The van der Waals surface area contributed by atoms with Gasteiger partial charge in [-0.05, 0) is 185 Å². The summed E-state index contributed by atoms with van der Waals surface area (Å²) in [5, 5.41) is 28.5. The lowest BCUT2D eigenvalue weighted by molar-refractivity contribution is -0.717. The summed E-state index contributed by atoms with van der Waals surface area (Å²) < 4.78 is 34.7. The van der Waals surface area contributed by atoms with E-state index < -0.39 is 0 Å². The van der Waals surface area contributed by atoms with E-state index in [4.69, 9.17) is 18.9 Å². The van der Waals surface area contributed by atoms with Crippen molar-refractivity contribution in [2.24, 2.45) is 0 Å². The van der Waals surface area contributed by atoms with Gasteiger partial charge in [0.15, 0.2) is 12.4 Å². The summed E-state index contributed by atoms with van der Waals surface area (Å²) in [4.78, 5) is 0. The minimum Gasteiger partial charge on any atom is -0.435 e. The molecule has 0 radical (unpaired) electrons. The third kappa shape index (κ3) is 8.72. The van der Waals surface area contributed by atoms with Crippen LogP contribution in [0.2, 0.25) is 0 Å². The molecule has 8 heteroatoms. The van der Waals surface area contributed by atoms with Crippen LogP contribution in [0.1, 0.15) is 99.9 Å². The zero-order valence-electron chi connectivity index (χ0n) is 66.0. The summed E-state index contributed by atoms with van der Waals surface area (Å²) in [7, 11) is 0. The second kappa shape index (κ2) is 23.1. The lowest BCUT2D eigenvalue weighted by Gasteiger charge is -2.23. The summed E-state index contributed by atoms with van der Waals surface area (Å²) in [6.07, 6.45) is 4.37. The van der Waals surface area contributed by atoms with E-state index in [1.807, 2.05) is 0 Å². The molecule has 8 nitrogen and oxygen atoms in total. The number of para-hydroxylation sites is 1. The molecule has 20 aromatic rings. The molecule has 0 fully saturated rings. The monoisotopic (exact) mass is 1500 g/mol. The molecule has 0 bridgehead atoms. The van der Waals surface area contributed by atoms with Crippen LogP contribution in [0, 0.1) is 0 Å². The van der Waals surface area contributed by atoms with Crippen molar-refractivity contribution in [3.8, 4) is 68.0 Å². The van der Waals surface area contributed by atoms with Crippen LogP contribution >= 0.6 is 0 Å². The summed E-state index contributed by atoms with van der Waals surface area (Å²) in [5.74, 6) is 4.08. The van der Waals surface area contributed by atoms with Crippen molar-refractivity contribution in [2.45, 2.75) is 104 Å². The molecule has 0 N–H and O–H groups in total. The van der Waals surface area contributed by atoms with Crippen LogP contribution in [0.4, 0.5) is 0 Å². The van der Waals surface area contributed by atoms with E-state index in [0.29, 0.717) is 26.9 Å². The van der Waals surface area contributed by atoms with E-state index in [1.54, 1.807) is 0 Å². The lowest BCUT2D eigenvalue weighted by Crippen LogP contribution is -2.42. The van der Waals surface area contributed by atoms with Gasteiger partial charge in [0.1, 0.15) is 23.0 Å². The highest BCUT2D eigenvalue weighted by Crippen LogP contribution is 2.61. The lowest BCUT2D eigenvalue weighted by atomic mass is 9.78. The molecule has 4 aromatic heterocycles. The fraction of sp³-hybridized carbons (Fsp3) is 0.148. The highest BCUT2D eigenvalue weighted by molar-refractivity contribution is 6.17. The zero-order valence-corrected chi connectivity index (χ0v) is 66.0. The second-order valence-corrected chi connectivity index (χ2v) is 35.3. The molecule has 28 rings (SSSR count). The van der Waals surface area contributed by atoms with Crippen molar-refractivity contribution in [1.29, 1.82) is 0 Å². The van der Waals surface area contributed by atoms with Gasteiger partial charge in [0.25, 0.3) is 26.9 Å². The number of rotatable bonds is 0. The zero-order chi connectivity index (χ0) is 77.3. The first kappa shape index (κ1) is 65.9. The van der Waals surface area contributed by atoms with Crippen LogP contribution in [0.5, 0.6) is 23.0 Å². The van der Waals surface area contributed by atoms with E-state index in [-0.39, 0.29) is 21.7 Å². The number of pyridine rings is 4. The number of nitrogens with zero attached hydrogens (tertiary/aromatic N) is 4. The van der Waals surface area contributed by atoms with Gasteiger partial charge in [-0.25, -0.2) is 0 Å². The number of ether oxygens (including phenoxy) is 4. The highest BCUT2D eigenvalue weighted by Gasteiger charge is 2.52. The Morgan fingerprint density at radius 3 is 1.08 bits per heavy atom. The van der Waals surface area contributed by atoms with Crippen LogP contribution in [0.15, 0.2) is 291 Å². The van der Waals surface area contributed by atoms with Gasteiger partial charge in [-0.3, -0.25) is 0 Å². The summed E-state index contributed by atoms with van der Waals surface area (Å²) in [6.45, 7) is 21.1. The molecular formula is C108H80N4O4+4. The summed E-state index contributed by atoms with van der Waals surface area (Å²) in [5.41, 5.74) is 23.8. The summed E-state index contributed by atoms with van der Waals surface area (Å²) in [6, 6.07) is 102. The molecule has 0 saturated carbocycles. The Kier molecular flexibility index (Phi) is 13.1. The molecule has 552 valence electrons. The van der Waals surface area contributed by atoms with Crippen molar-refractivity contribution in [3.63, 3.8) is 0 Å². The first-order valence-corrected chi connectivity index (χ1v) is 40.9. The average molecular weight is 1500 g/mol. The average Bonchev–Trinajstić information content (AvgIpc) is 1.54. The SMILES string of the molecule is CC1(C)c2c3[n+](cc4ccccc24)COc2cc4c(ccc5ccccc54)c1c2-3.CC1(C)c2cc3cc4ccccc4cc3[n+]3c2-c2c(cc4c(ccc5ccccc54)c21)OC3.CC1(C)c2cc3ccccc3[n+]3c2-c2c(cc4c(ccc5ccccc54)c21)OC3.CC1(C)c2ccc[n+]3c2-c2c(cc4c(ccc5ccccc54)c21)OC3. The molecule has 0 unspecified atom stereocenters. The van der Waals surface area contributed by atoms with Gasteiger partial charge >= 0.3 is 0 Å². The number of aromatic nitrogens is 4. The normalized spacial score (nSPS) is 15.7. The van der Waals surface area contributed by atoms with E-state index >= 15 is 0 Å². The van der Waals surface area contributed by atoms with E-state index in [0.717, 1.165) is 23.0 Å². The molecule has 116 heavy (non-hydrogen) atoms. The Balaban J connectivity index is 0.0000000870. The molecule has 4 aliphatic carbocycles. The predicted octanol–water partition coefficient (Wildman–Crippen LogP) is 24.4. The highest BCUT2D eigenvalue weighted by atomic mass is 16.5. The molecule has 0 saturated heterocycles. The van der Waals surface area contributed by atoms with Crippen LogP contribution in [0.25, 0.3) is 175 Å². The number of benzene rings is 16. The molecule has 16 aromatic carbocycles. The van der Waals surface area contributed by atoms with Crippen LogP contribution in [0.3, 0.4) is 0 Å². The van der Waals surface area contributed by atoms with E-state index in [1.165, 1.54) is 219 Å². The van der Waals surface area contributed by atoms with Crippen molar-refractivity contribution in [2.75, 3.05) is 0 Å². The molecule has 4 aliphatic heterocycles. The molecule has 0 spiro atoms. The summed E-state index contributed by atoms with van der Waals surface area (Å²) >= 11 is 0. The van der Waals surface area contributed by atoms with Gasteiger partial charge in [-0.2, -0.15) is 18.3 Å². The van der Waals surface area contributed by atoms with Gasteiger partial charge < -0.3 is 18.9 Å². The predicted molar refractivity (Wildman–Crippen MR) is 469 cm³/mol. The molecular weight excluding hydrogens is 1420 g/mol. The van der Waals surface area contributed by atoms with Gasteiger partial charge in [0.2, 0.25) is 33.8 Å². The largest absolute Gasteiger partial charge is 0.435 e. The molecule has 0 atom stereocenters. The maximum Gasteiger partial charge on any atom is 0.293 e. The number of hydrogen-bond acceptors (Lipinski definition) is 4. The molecule has 8 aliphatic rings.